The molecule has 0 bridgehead atoms. The second kappa shape index (κ2) is 16.9. The first-order valence-electron chi connectivity index (χ1n) is 15.7. The number of unbranched alkanes of at least 4 members (excludes halogenated alkanes) is 11. The van der Waals surface area contributed by atoms with Crippen LogP contribution in [-0.4, -0.2) is 15.3 Å². The van der Waals surface area contributed by atoms with Crippen LogP contribution in [0.1, 0.15) is 117 Å². The molecule has 0 aliphatic rings. The third-order valence-corrected chi connectivity index (χ3v) is 8.88. The minimum atomic E-state index is -0.438. The van der Waals surface area contributed by atoms with Crippen LogP contribution in [0.3, 0.4) is 0 Å². The number of benzene rings is 1. The average molecular weight is 588 g/mol. The van der Waals surface area contributed by atoms with Gasteiger partial charge in [0, 0.05) is 22.7 Å². The zero-order valence-corrected chi connectivity index (χ0v) is 25.7. The van der Waals surface area contributed by atoms with Crippen molar-refractivity contribution in [3.8, 4) is 11.5 Å². The lowest BCUT2D eigenvalue weighted by atomic mass is 9.90. The Hall–Kier alpha value is -3.45. The summed E-state index contributed by atoms with van der Waals surface area (Å²) in [6.45, 7) is 2.72. The van der Waals surface area contributed by atoms with Gasteiger partial charge in [0.05, 0.1) is 18.7 Å². The largest absolute Gasteiger partial charge is 0.463 e. The second-order valence-electron chi connectivity index (χ2n) is 11.2. The van der Waals surface area contributed by atoms with Crippen LogP contribution in [0.2, 0.25) is 0 Å². The first-order chi connectivity index (χ1) is 20.6. The van der Waals surface area contributed by atoms with Crippen molar-refractivity contribution in [2.24, 2.45) is 0 Å². The minimum absolute atomic E-state index is 0.0708. The van der Waals surface area contributed by atoms with Crippen LogP contribution in [0.15, 0.2) is 76.3 Å². The molecular weight excluding hydrogens is 542 g/mol. The summed E-state index contributed by atoms with van der Waals surface area (Å²) in [4.78, 5) is 32.3. The molecule has 1 atom stereocenters. The highest BCUT2D eigenvalue weighted by atomic mass is 32.1. The fourth-order valence-electron chi connectivity index (χ4n) is 5.52. The van der Waals surface area contributed by atoms with Gasteiger partial charge >= 0.3 is 0 Å². The third-order valence-electron chi connectivity index (χ3n) is 7.88. The van der Waals surface area contributed by atoms with Gasteiger partial charge in [0.1, 0.15) is 5.69 Å². The lowest BCUT2D eigenvalue weighted by Gasteiger charge is -2.16. The quantitative estimate of drug-likeness (QED) is 0.0872. The number of nitrogens with zero attached hydrogens (tertiary/aromatic N) is 2. The number of thiazole rings is 1. The molecule has 0 aliphatic heterocycles. The van der Waals surface area contributed by atoms with Crippen LogP contribution in [0.4, 0.5) is 5.13 Å². The molecule has 42 heavy (non-hydrogen) atoms. The highest BCUT2D eigenvalue weighted by Gasteiger charge is 2.29. The number of ketones is 1. The number of carbonyl (C=O) groups is 1. The van der Waals surface area contributed by atoms with Crippen molar-refractivity contribution < 1.29 is 9.21 Å². The van der Waals surface area contributed by atoms with E-state index in [-0.39, 0.29) is 11.3 Å². The van der Waals surface area contributed by atoms with E-state index in [0.717, 1.165) is 23.3 Å². The molecule has 4 aromatic rings. The Balaban J connectivity index is 1.40. The predicted octanol–water partition coefficient (Wildman–Crippen LogP) is 9.25. The first-order valence-corrected chi connectivity index (χ1v) is 16.5. The molecule has 1 unspecified atom stereocenters. The molecule has 2 N–H and O–H groups in total. The molecule has 0 spiro atoms. The van der Waals surface area contributed by atoms with Gasteiger partial charge in [-0.05, 0) is 30.2 Å². The topological polar surface area (TPSA) is 91.1 Å². The molecule has 7 heteroatoms. The second-order valence-corrected chi connectivity index (χ2v) is 12.3. The molecule has 1 aromatic carbocycles. The summed E-state index contributed by atoms with van der Waals surface area (Å²) in [5.41, 5.74) is 8.04. The Morgan fingerprint density at radius 1 is 0.905 bits per heavy atom. The Morgan fingerprint density at radius 3 is 2.19 bits per heavy atom. The van der Waals surface area contributed by atoms with Crippen LogP contribution in [0.25, 0.3) is 11.5 Å². The number of hydrogen-bond acceptors (Lipinski definition) is 6. The lowest BCUT2D eigenvalue weighted by molar-refractivity contribution is 0.0955. The van der Waals surface area contributed by atoms with E-state index in [9.17, 15) is 9.59 Å². The van der Waals surface area contributed by atoms with E-state index in [2.05, 4.69) is 11.9 Å². The van der Waals surface area contributed by atoms with Gasteiger partial charge in [-0.25, -0.2) is 4.98 Å². The van der Waals surface area contributed by atoms with Gasteiger partial charge in [0.25, 0.3) is 5.56 Å². The molecule has 0 aliphatic carbocycles. The van der Waals surface area contributed by atoms with Crippen molar-refractivity contribution in [2.45, 2.75) is 103 Å². The summed E-state index contributed by atoms with van der Waals surface area (Å²) < 4.78 is 7.27. The SMILES string of the molecule is CCCCCCCCCCCCCCC(C(=O)c1ccn(Cc2ccccc2)c(=O)c1)c1sc(N)nc1-c1ccco1. The highest BCUT2D eigenvalue weighted by molar-refractivity contribution is 7.16. The molecule has 3 heterocycles. The number of hydrogen-bond donors (Lipinski definition) is 1. The zero-order chi connectivity index (χ0) is 29.6. The number of anilines is 1. The minimum Gasteiger partial charge on any atom is -0.463 e. The average Bonchev–Trinajstić information content (AvgIpc) is 3.67. The van der Waals surface area contributed by atoms with Gasteiger partial charge in [-0.15, -0.1) is 11.3 Å². The summed E-state index contributed by atoms with van der Waals surface area (Å²) in [5.74, 6) is 0.0922. The molecule has 3 aromatic heterocycles. The van der Waals surface area contributed by atoms with E-state index in [1.165, 1.54) is 81.6 Å². The molecule has 0 fully saturated rings. The van der Waals surface area contributed by atoms with Crippen molar-refractivity contribution in [1.82, 2.24) is 9.55 Å². The highest BCUT2D eigenvalue weighted by Crippen LogP contribution is 2.39. The molecule has 0 amide bonds. The van der Waals surface area contributed by atoms with E-state index in [1.54, 1.807) is 23.1 Å². The summed E-state index contributed by atoms with van der Waals surface area (Å²) >= 11 is 1.34. The summed E-state index contributed by atoms with van der Waals surface area (Å²) in [7, 11) is 0. The number of pyridine rings is 1. The maximum absolute atomic E-state index is 14.0. The Kier molecular flexibility index (Phi) is 12.6. The molecule has 0 radical (unpaired) electrons. The molecule has 6 nitrogen and oxygen atoms in total. The van der Waals surface area contributed by atoms with Gasteiger partial charge in [-0.3, -0.25) is 9.59 Å². The van der Waals surface area contributed by atoms with Crippen LogP contribution in [0, 0.1) is 0 Å². The van der Waals surface area contributed by atoms with Crippen LogP contribution in [0.5, 0.6) is 0 Å². The van der Waals surface area contributed by atoms with E-state index < -0.39 is 5.92 Å². The van der Waals surface area contributed by atoms with Crippen molar-refractivity contribution in [3.63, 3.8) is 0 Å². The number of nitrogen functional groups attached to an aromatic ring is 1. The molecule has 4 rings (SSSR count). The monoisotopic (exact) mass is 587 g/mol. The maximum atomic E-state index is 14.0. The van der Waals surface area contributed by atoms with E-state index in [4.69, 9.17) is 10.2 Å². The van der Waals surface area contributed by atoms with Gasteiger partial charge < -0.3 is 14.7 Å². The van der Waals surface area contributed by atoms with E-state index in [0.29, 0.717) is 35.1 Å². The van der Waals surface area contributed by atoms with E-state index >= 15 is 0 Å². The fourth-order valence-corrected chi connectivity index (χ4v) is 6.49. The van der Waals surface area contributed by atoms with Gasteiger partial charge in [-0.2, -0.15) is 0 Å². The molecule has 224 valence electrons. The van der Waals surface area contributed by atoms with Crippen molar-refractivity contribution in [3.05, 3.63) is 93.4 Å². The van der Waals surface area contributed by atoms with Gasteiger partial charge in [-0.1, -0.05) is 114 Å². The summed E-state index contributed by atoms with van der Waals surface area (Å²) in [6.07, 6.45) is 19.1. The van der Waals surface area contributed by atoms with Gasteiger partial charge in [0.2, 0.25) is 0 Å². The summed E-state index contributed by atoms with van der Waals surface area (Å²) in [5, 5.41) is 0.405. The fraction of sp³-hybridized carbons (Fsp3) is 0.457. The zero-order valence-electron chi connectivity index (χ0n) is 24.9. The molecular formula is C35H45N3O3S. The number of carbonyl (C=O) groups excluding carboxylic acids is 1. The van der Waals surface area contributed by atoms with Crippen molar-refractivity contribution >= 4 is 22.3 Å². The maximum Gasteiger partial charge on any atom is 0.251 e. The number of Topliss-reactive ketones (excluding diaryl/α,β-unsaturated/α-hetero) is 1. The number of nitrogens with two attached hydrogens (primary N) is 1. The van der Waals surface area contributed by atoms with Crippen molar-refractivity contribution in [2.75, 3.05) is 5.73 Å². The normalized spacial score (nSPS) is 12.0. The first kappa shape index (κ1) is 31.5. The third kappa shape index (κ3) is 9.28. The van der Waals surface area contributed by atoms with Crippen LogP contribution < -0.4 is 11.3 Å². The lowest BCUT2D eigenvalue weighted by Crippen LogP contribution is -2.22. The number of furan rings is 1. The van der Waals surface area contributed by atoms with Crippen LogP contribution >= 0.6 is 11.3 Å². The predicted molar refractivity (Wildman–Crippen MR) is 173 cm³/mol. The van der Waals surface area contributed by atoms with Crippen molar-refractivity contribution in [1.29, 1.82) is 0 Å². The molecule has 0 saturated heterocycles. The van der Waals surface area contributed by atoms with Crippen LogP contribution in [-0.2, 0) is 6.54 Å². The molecule has 0 saturated carbocycles. The number of aromatic nitrogens is 2. The summed E-state index contributed by atoms with van der Waals surface area (Å²) in [6, 6.07) is 16.7. The standard InChI is InChI=1S/C35H45N3O3S/c1-2-3-4-5-6-7-8-9-10-11-12-16-20-29(34-32(37-35(36)42-34)30-21-17-24-41-30)33(40)28-22-23-38(31(39)25-28)26-27-18-14-13-15-19-27/h13-15,17-19,21-25,29H,2-12,16,20,26H2,1H3,(H2,36,37). The smallest absolute Gasteiger partial charge is 0.251 e. The Labute approximate surface area is 254 Å². The van der Waals surface area contributed by atoms with Gasteiger partial charge in [0.15, 0.2) is 16.7 Å². The number of rotatable bonds is 19. The van der Waals surface area contributed by atoms with E-state index in [1.807, 2.05) is 42.5 Å². The Bertz CT molecular complexity index is 1410. The Morgan fingerprint density at radius 2 is 1.57 bits per heavy atom.